The standard InChI is InChI=1S/C18H22N2O3S/c1-2-3-4-8-11-19-18(23)20-14-12-15(24-16(14)17(21)22)13-9-6-5-7-10-13/h5-7,9-10,12H,2-4,8,11H2,1H3,(H,21,22)(H2,19,20,23). The average Bonchev–Trinajstić information content (AvgIpc) is 2.99. The number of amides is 2. The van der Waals surface area contributed by atoms with E-state index in [2.05, 4.69) is 17.6 Å². The molecule has 0 aliphatic heterocycles. The van der Waals surface area contributed by atoms with Crippen molar-refractivity contribution in [2.24, 2.45) is 0 Å². The van der Waals surface area contributed by atoms with Gasteiger partial charge in [0, 0.05) is 11.4 Å². The summed E-state index contributed by atoms with van der Waals surface area (Å²) >= 11 is 1.16. The Morgan fingerprint density at radius 1 is 1.12 bits per heavy atom. The number of carbonyl (C=O) groups excluding carboxylic acids is 1. The first kappa shape index (κ1) is 18.0. The van der Waals surface area contributed by atoms with E-state index >= 15 is 0 Å². The number of benzene rings is 1. The van der Waals surface area contributed by atoms with Crippen molar-refractivity contribution >= 4 is 29.0 Å². The topological polar surface area (TPSA) is 78.4 Å². The number of carboxylic acid groups (broad SMARTS) is 1. The van der Waals surface area contributed by atoms with Gasteiger partial charge in [0.2, 0.25) is 0 Å². The summed E-state index contributed by atoms with van der Waals surface area (Å²) in [6.45, 7) is 2.72. The molecule has 0 aliphatic carbocycles. The van der Waals surface area contributed by atoms with Crippen LogP contribution in [0.5, 0.6) is 0 Å². The van der Waals surface area contributed by atoms with Crippen molar-refractivity contribution in [3.63, 3.8) is 0 Å². The summed E-state index contributed by atoms with van der Waals surface area (Å²) < 4.78 is 0. The molecule has 1 aromatic heterocycles. The van der Waals surface area contributed by atoms with Crippen LogP contribution < -0.4 is 10.6 Å². The molecule has 0 spiro atoms. The van der Waals surface area contributed by atoms with Gasteiger partial charge in [-0.1, -0.05) is 56.5 Å². The summed E-state index contributed by atoms with van der Waals surface area (Å²) in [5.74, 6) is -1.04. The van der Waals surface area contributed by atoms with Gasteiger partial charge in [-0.3, -0.25) is 0 Å². The number of urea groups is 1. The molecular weight excluding hydrogens is 324 g/mol. The number of carboxylic acids is 1. The Hall–Kier alpha value is -2.34. The number of anilines is 1. The Bertz CT molecular complexity index is 683. The lowest BCUT2D eigenvalue weighted by molar-refractivity contribution is 0.0703. The van der Waals surface area contributed by atoms with Crippen LogP contribution in [0, 0.1) is 0 Å². The van der Waals surface area contributed by atoms with Crippen LogP contribution in [0.4, 0.5) is 10.5 Å². The maximum Gasteiger partial charge on any atom is 0.348 e. The minimum Gasteiger partial charge on any atom is -0.477 e. The van der Waals surface area contributed by atoms with Crippen LogP contribution in [-0.2, 0) is 0 Å². The van der Waals surface area contributed by atoms with Crippen LogP contribution in [0.25, 0.3) is 10.4 Å². The first-order valence-electron chi connectivity index (χ1n) is 8.09. The molecule has 2 amide bonds. The molecule has 0 saturated heterocycles. The van der Waals surface area contributed by atoms with Crippen molar-refractivity contribution in [3.05, 3.63) is 41.3 Å². The molecular formula is C18H22N2O3S. The van der Waals surface area contributed by atoms with Gasteiger partial charge in [-0.2, -0.15) is 0 Å². The third-order valence-corrected chi connectivity index (χ3v) is 4.72. The van der Waals surface area contributed by atoms with E-state index in [1.54, 1.807) is 6.07 Å². The molecule has 0 unspecified atom stereocenters. The van der Waals surface area contributed by atoms with Crippen molar-refractivity contribution in [1.82, 2.24) is 5.32 Å². The molecule has 2 rings (SSSR count). The minimum absolute atomic E-state index is 0.134. The maximum atomic E-state index is 12.0. The number of carbonyl (C=O) groups is 2. The third-order valence-electron chi connectivity index (χ3n) is 3.55. The van der Waals surface area contributed by atoms with Crippen molar-refractivity contribution in [3.8, 4) is 10.4 Å². The zero-order chi connectivity index (χ0) is 17.4. The second-order valence-corrected chi connectivity index (χ2v) is 6.52. The first-order chi connectivity index (χ1) is 11.6. The fourth-order valence-corrected chi connectivity index (χ4v) is 3.27. The number of hydrogen-bond donors (Lipinski definition) is 3. The monoisotopic (exact) mass is 346 g/mol. The van der Waals surface area contributed by atoms with E-state index in [0.29, 0.717) is 12.2 Å². The van der Waals surface area contributed by atoms with Gasteiger partial charge < -0.3 is 15.7 Å². The van der Waals surface area contributed by atoms with Gasteiger partial charge in [0.05, 0.1) is 5.69 Å². The molecule has 2 aromatic rings. The second kappa shape index (κ2) is 9.08. The smallest absolute Gasteiger partial charge is 0.348 e. The molecule has 1 aromatic carbocycles. The Morgan fingerprint density at radius 2 is 1.88 bits per heavy atom. The summed E-state index contributed by atoms with van der Waals surface area (Å²) in [4.78, 5) is 24.3. The summed E-state index contributed by atoms with van der Waals surface area (Å²) in [7, 11) is 0. The van der Waals surface area contributed by atoms with Crippen LogP contribution in [0.15, 0.2) is 36.4 Å². The molecule has 0 atom stereocenters. The predicted molar refractivity (Wildman–Crippen MR) is 97.9 cm³/mol. The average molecular weight is 346 g/mol. The normalized spacial score (nSPS) is 10.4. The van der Waals surface area contributed by atoms with E-state index in [9.17, 15) is 14.7 Å². The van der Waals surface area contributed by atoms with Crippen LogP contribution in [0.1, 0.15) is 42.3 Å². The Kier molecular flexibility index (Phi) is 6.81. The molecule has 0 radical (unpaired) electrons. The Morgan fingerprint density at radius 3 is 2.54 bits per heavy atom. The van der Waals surface area contributed by atoms with Crippen LogP contribution in [0.2, 0.25) is 0 Å². The highest BCUT2D eigenvalue weighted by molar-refractivity contribution is 7.18. The number of hydrogen-bond acceptors (Lipinski definition) is 3. The summed E-state index contributed by atoms with van der Waals surface area (Å²) in [6, 6.07) is 10.9. The highest BCUT2D eigenvalue weighted by Crippen LogP contribution is 2.34. The highest BCUT2D eigenvalue weighted by Gasteiger charge is 2.18. The van der Waals surface area contributed by atoms with E-state index in [0.717, 1.165) is 47.5 Å². The summed E-state index contributed by atoms with van der Waals surface area (Å²) in [5.41, 5.74) is 1.26. The van der Waals surface area contributed by atoms with E-state index in [1.165, 1.54) is 0 Å². The van der Waals surface area contributed by atoms with Crippen LogP contribution in [0.3, 0.4) is 0 Å². The quantitative estimate of drug-likeness (QED) is 0.600. The van der Waals surface area contributed by atoms with Gasteiger partial charge in [0.15, 0.2) is 0 Å². The molecule has 0 saturated carbocycles. The molecule has 0 bridgehead atoms. The van der Waals surface area contributed by atoms with Gasteiger partial charge >= 0.3 is 12.0 Å². The van der Waals surface area contributed by atoms with E-state index in [1.807, 2.05) is 30.3 Å². The lowest BCUT2D eigenvalue weighted by Gasteiger charge is -2.06. The molecule has 3 N–H and O–H groups in total. The van der Waals surface area contributed by atoms with Gasteiger partial charge in [-0.25, -0.2) is 9.59 Å². The maximum absolute atomic E-state index is 12.0. The number of unbranched alkanes of at least 4 members (excludes halogenated alkanes) is 3. The minimum atomic E-state index is -1.04. The molecule has 1 heterocycles. The number of rotatable bonds is 8. The zero-order valence-electron chi connectivity index (χ0n) is 13.7. The summed E-state index contributed by atoms with van der Waals surface area (Å²) in [6.07, 6.45) is 4.29. The molecule has 5 nitrogen and oxygen atoms in total. The second-order valence-electron chi connectivity index (χ2n) is 5.47. The molecule has 0 aliphatic rings. The van der Waals surface area contributed by atoms with Crippen molar-refractivity contribution in [2.75, 3.05) is 11.9 Å². The van der Waals surface area contributed by atoms with E-state index in [-0.39, 0.29) is 10.9 Å². The number of nitrogens with one attached hydrogen (secondary N) is 2. The van der Waals surface area contributed by atoms with Gasteiger partial charge in [0.25, 0.3) is 0 Å². The van der Waals surface area contributed by atoms with E-state index < -0.39 is 5.97 Å². The van der Waals surface area contributed by atoms with Crippen LogP contribution in [-0.4, -0.2) is 23.7 Å². The largest absolute Gasteiger partial charge is 0.477 e. The molecule has 0 fully saturated rings. The number of thiophene rings is 1. The van der Waals surface area contributed by atoms with E-state index in [4.69, 9.17) is 0 Å². The third kappa shape index (κ3) is 5.09. The predicted octanol–water partition coefficient (Wildman–Crippen LogP) is 4.82. The van der Waals surface area contributed by atoms with Crippen LogP contribution >= 0.6 is 11.3 Å². The molecule has 128 valence electrons. The molecule has 24 heavy (non-hydrogen) atoms. The first-order valence-corrected chi connectivity index (χ1v) is 8.91. The van der Waals surface area contributed by atoms with Crippen molar-refractivity contribution in [2.45, 2.75) is 32.6 Å². The fourth-order valence-electron chi connectivity index (χ4n) is 2.31. The molecule has 6 heteroatoms. The SMILES string of the molecule is CCCCCCNC(=O)Nc1cc(-c2ccccc2)sc1C(=O)O. The van der Waals surface area contributed by atoms with Crippen molar-refractivity contribution < 1.29 is 14.7 Å². The number of aromatic carboxylic acids is 1. The van der Waals surface area contributed by atoms with Crippen molar-refractivity contribution in [1.29, 1.82) is 0 Å². The van der Waals surface area contributed by atoms with Gasteiger partial charge in [-0.15, -0.1) is 11.3 Å². The fraction of sp³-hybridized carbons (Fsp3) is 0.333. The lowest BCUT2D eigenvalue weighted by Crippen LogP contribution is -2.29. The zero-order valence-corrected chi connectivity index (χ0v) is 14.5. The van der Waals surface area contributed by atoms with Gasteiger partial charge in [-0.05, 0) is 18.1 Å². The highest BCUT2D eigenvalue weighted by atomic mass is 32.1. The Balaban J connectivity index is 2.02. The Labute approximate surface area is 145 Å². The summed E-state index contributed by atoms with van der Waals surface area (Å²) in [5, 5.41) is 14.8. The lowest BCUT2D eigenvalue weighted by atomic mass is 10.2. The van der Waals surface area contributed by atoms with Gasteiger partial charge in [0.1, 0.15) is 4.88 Å².